The van der Waals surface area contributed by atoms with Gasteiger partial charge in [-0.25, -0.2) is 4.39 Å². The zero-order valence-electron chi connectivity index (χ0n) is 22.9. The SMILES string of the molecule is CN(C(=O)c1ccc(NC(=O)Cc2ccc(NC(=O)C3CCN(C(=O)c4cccc(F)c4)CC3)cc2)cc1)C1CC1. The van der Waals surface area contributed by atoms with Crippen LogP contribution in [0.1, 0.15) is 52.0 Å². The summed E-state index contributed by atoms with van der Waals surface area (Å²) in [5.74, 6) is -1.22. The molecule has 0 radical (unpaired) electrons. The van der Waals surface area contributed by atoms with Gasteiger partial charge in [-0.15, -0.1) is 0 Å². The first-order chi connectivity index (χ1) is 19.8. The Morgan fingerprint density at radius 1 is 0.829 bits per heavy atom. The van der Waals surface area contributed by atoms with E-state index in [0.29, 0.717) is 54.5 Å². The fourth-order valence-corrected chi connectivity index (χ4v) is 5.02. The first kappa shape index (κ1) is 28.0. The molecule has 1 saturated carbocycles. The van der Waals surface area contributed by atoms with Crippen molar-refractivity contribution < 1.29 is 23.6 Å². The molecule has 2 aliphatic rings. The number of hydrogen-bond donors (Lipinski definition) is 2. The second kappa shape index (κ2) is 12.3. The van der Waals surface area contributed by atoms with Crippen molar-refractivity contribution in [1.29, 1.82) is 0 Å². The predicted octanol–water partition coefficient (Wildman–Crippen LogP) is 4.73. The Kier molecular flexibility index (Phi) is 8.42. The Balaban J connectivity index is 1.06. The highest BCUT2D eigenvalue weighted by Crippen LogP contribution is 2.27. The third-order valence-corrected chi connectivity index (χ3v) is 7.64. The van der Waals surface area contributed by atoms with E-state index in [9.17, 15) is 23.6 Å². The Morgan fingerprint density at radius 3 is 2.10 bits per heavy atom. The molecule has 5 rings (SSSR count). The lowest BCUT2D eigenvalue weighted by molar-refractivity contribution is -0.121. The van der Waals surface area contributed by atoms with Crippen molar-refractivity contribution in [3.05, 3.63) is 95.3 Å². The average Bonchev–Trinajstić information content (AvgIpc) is 3.83. The van der Waals surface area contributed by atoms with Crippen LogP contribution >= 0.6 is 0 Å². The molecule has 8 nitrogen and oxygen atoms in total. The number of carbonyl (C=O) groups is 4. The minimum atomic E-state index is -0.451. The Hall–Kier alpha value is -4.53. The molecule has 0 spiro atoms. The van der Waals surface area contributed by atoms with Crippen LogP contribution in [0.3, 0.4) is 0 Å². The molecule has 1 aliphatic carbocycles. The van der Waals surface area contributed by atoms with Crippen LogP contribution in [0.4, 0.5) is 15.8 Å². The largest absolute Gasteiger partial charge is 0.339 e. The fraction of sp³-hybridized carbons (Fsp3) is 0.312. The molecular formula is C32H33FN4O4. The van der Waals surface area contributed by atoms with Crippen LogP contribution in [-0.4, -0.2) is 59.6 Å². The highest BCUT2D eigenvalue weighted by molar-refractivity contribution is 5.97. The van der Waals surface area contributed by atoms with E-state index in [-0.39, 0.29) is 36.0 Å². The minimum Gasteiger partial charge on any atom is -0.339 e. The van der Waals surface area contributed by atoms with Gasteiger partial charge in [0.15, 0.2) is 0 Å². The summed E-state index contributed by atoms with van der Waals surface area (Å²) in [6.45, 7) is 0.857. The summed E-state index contributed by atoms with van der Waals surface area (Å²) in [7, 11) is 1.82. The van der Waals surface area contributed by atoms with E-state index < -0.39 is 5.82 Å². The molecule has 212 valence electrons. The second-order valence-electron chi connectivity index (χ2n) is 10.7. The molecule has 1 saturated heterocycles. The number of nitrogens with one attached hydrogen (secondary N) is 2. The summed E-state index contributed by atoms with van der Waals surface area (Å²) in [6.07, 6.45) is 3.31. The number of rotatable bonds is 8. The van der Waals surface area contributed by atoms with Gasteiger partial charge < -0.3 is 20.4 Å². The van der Waals surface area contributed by atoms with Gasteiger partial charge in [0.2, 0.25) is 11.8 Å². The molecule has 0 atom stereocenters. The lowest BCUT2D eigenvalue weighted by Crippen LogP contribution is -2.41. The number of nitrogens with zero attached hydrogens (tertiary/aromatic N) is 2. The number of likely N-dealkylation sites (tertiary alicyclic amines) is 1. The molecule has 4 amide bonds. The van der Waals surface area contributed by atoms with E-state index in [1.54, 1.807) is 64.4 Å². The maximum Gasteiger partial charge on any atom is 0.253 e. The molecule has 1 heterocycles. The van der Waals surface area contributed by atoms with Gasteiger partial charge in [-0.05, 0) is 85.8 Å². The highest BCUT2D eigenvalue weighted by atomic mass is 19.1. The topological polar surface area (TPSA) is 98.8 Å². The molecule has 0 bridgehead atoms. The summed E-state index contributed by atoms with van der Waals surface area (Å²) in [5, 5.41) is 5.78. The minimum absolute atomic E-state index is 0.0148. The molecule has 2 N–H and O–H groups in total. The van der Waals surface area contributed by atoms with E-state index in [1.165, 1.54) is 18.2 Å². The van der Waals surface area contributed by atoms with E-state index in [0.717, 1.165) is 18.4 Å². The van der Waals surface area contributed by atoms with E-state index in [2.05, 4.69) is 10.6 Å². The normalized spacial score (nSPS) is 15.2. The quantitative estimate of drug-likeness (QED) is 0.419. The van der Waals surface area contributed by atoms with Gasteiger partial charge in [0.05, 0.1) is 6.42 Å². The molecule has 0 aromatic heterocycles. The van der Waals surface area contributed by atoms with Gasteiger partial charge in [-0.3, -0.25) is 19.2 Å². The van der Waals surface area contributed by atoms with Crippen molar-refractivity contribution in [1.82, 2.24) is 9.80 Å². The Bertz CT molecular complexity index is 1430. The second-order valence-corrected chi connectivity index (χ2v) is 10.7. The molecule has 0 unspecified atom stereocenters. The third-order valence-electron chi connectivity index (χ3n) is 7.64. The van der Waals surface area contributed by atoms with Crippen molar-refractivity contribution in [3.8, 4) is 0 Å². The first-order valence-electron chi connectivity index (χ1n) is 13.9. The number of halogens is 1. The summed E-state index contributed by atoms with van der Waals surface area (Å²) in [5.41, 5.74) is 2.95. The van der Waals surface area contributed by atoms with E-state index in [1.807, 2.05) is 7.05 Å². The van der Waals surface area contributed by atoms with Gasteiger partial charge in [-0.2, -0.15) is 0 Å². The Morgan fingerprint density at radius 2 is 1.46 bits per heavy atom. The van der Waals surface area contributed by atoms with Crippen LogP contribution in [-0.2, 0) is 16.0 Å². The van der Waals surface area contributed by atoms with Crippen molar-refractivity contribution >= 4 is 35.0 Å². The van der Waals surface area contributed by atoms with Gasteiger partial charge >= 0.3 is 0 Å². The number of piperidine rings is 1. The third kappa shape index (κ3) is 7.16. The highest BCUT2D eigenvalue weighted by Gasteiger charge is 2.30. The van der Waals surface area contributed by atoms with Gasteiger partial charge in [0, 0.05) is 54.6 Å². The maximum atomic E-state index is 13.5. The molecule has 9 heteroatoms. The van der Waals surface area contributed by atoms with Crippen LogP contribution < -0.4 is 10.6 Å². The number of anilines is 2. The van der Waals surface area contributed by atoms with Crippen LogP contribution in [0.25, 0.3) is 0 Å². The lowest BCUT2D eigenvalue weighted by Gasteiger charge is -2.31. The van der Waals surface area contributed by atoms with Crippen molar-refractivity contribution in [2.24, 2.45) is 5.92 Å². The summed E-state index contributed by atoms with van der Waals surface area (Å²) >= 11 is 0. The molecule has 3 aromatic carbocycles. The van der Waals surface area contributed by atoms with Crippen LogP contribution in [0, 0.1) is 11.7 Å². The predicted molar refractivity (Wildman–Crippen MR) is 154 cm³/mol. The smallest absolute Gasteiger partial charge is 0.253 e. The molecule has 1 aliphatic heterocycles. The standard InChI is InChI=1S/C32H33FN4O4/c1-36(28-13-14-28)31(40)23-7-11-26(12-8-23)34-29(38)19-21-5-9-27(10-6-21)35-30(39)22-15-17-37(18-16-22)32(41)24-3-2-4-25(33)20-24/h2-12,20,22,28H,13-19H2,1H3,(H,34,38)(H,35,39). The van der Waals surface area contributed by atoms with Gasteiger partial charge in [-0.1, -0.05) is 18.2 Å². The van der Waals surface area contributed by atoms with Crippen molar-refractivity contribution in [2.45, 2.75) is 38.1 Å². The molecule has 3 aromatic rings. The monoisotopic (exact) mass is 556 g/mol. The van der Waals surface area contributed by atoms with Gasteiger partial charge in [0.1, 0.15) is 5.82 Å². The van der Waals surface area contributed by atoms with Crippen LogP contribution in [0.5, 0.6) is 0 Å². The average molecular weight is 557 g/mol. The van der Waals surface area contributed by atoms with Gasteiger partial charge in [0.25, 0.3) is 11.8 Å². The molecular weight excluding hydrogens is 523 g/mol. The zero-order valence-corrected chi connectivity index (χ0v) is 22.9. The van der Waals surface area contributed by atoms with Crippen LogP contribution in [0.15, 0.2) is 72.8 Å². The van der Waals surface area contributed by atoms with E-state index in [4.69, 9.17) is 0 Å². The number of amides is 4. The summed E-state index contributed by atoms with van der Waals surface area (Å²) < 4.78 is 13.5. The number of hydrogen-bond acceptors (Lipinski definition) is 4. The van der Waals surface area contributed by atoms with Crippen molar-refractivity contribution in [3.63, 3.8) is 0 Å². The van der Waals surface area contributed by atoms with Crippen molar-refractivity contribution in [2.75, 3.05) is 30.8 Å². The number of benzene rings is 3. The molecule has 41 heavy (non-hydrogen) atoms. The molecule has 2 fully saturated rings. The van der Waals surface area contributed by atoms with Crippen LogP contribution in [0.2, 0.25) is 0 Å². The fourth-order valence-electron chi connectivity index (χ4n) is 5.02. The maximum absolute atomic E-state index is 13.5. The first-order valence-corrected chi connectivity index (χ1v) is 13.9. The number of carbonyl (C=O) groups excluding carboxylic acids is 4. The summed E-state index contributed by atoms with van der Waals surface area (Å²) in [4.78, 5) is 53.9. The zero-order chi connectivity index (χ0) is 28.9. The summed E-state index contributed by atoms with van der Waals surface area (Å²) in [6, 6.07) is 20.0. The van der Waals surface area contributed by atoms with E-state index >= 15 is 0 Å². The Labute approximate surface area is 238 Å². The lowest BCUT2D eigenvalue weighted by atomic mass is 9.95.